The Morgan fingerprint density at radius 1 is 1.39 bits per heavy atom. The van der Waals surface area contributed by atoms with E-state index < -0.39 is 0 Å². The summed E-state index contributed by atoms with van der Waals surface area (Å²) in [6.45, 7) is 2.00. The van der Waals surface area contributed by atoms with Gasteiger partial charge in [0, 0.05) is 31.6 Å². The highest BCUT2D eigenvalue weighted by Crippen LogP contribution is 2.28. The van der Waals surface area contributed by atoms with Crippen molar-refractivity contribution in [3.63, 3.8) is 0 Å². The molecule has 0 fully saturated rings. The van der Waals surface area contributed by atoms with E-state index >= 15 is 0 Å². The third-order valence-corrected chi connectivity index (χ3v) is 4.50. The molecule has 2 aliphatic rings. The molecule has 2 aliphatic heterocycles. The third kappa shape index (κ3) is 1.79. The van der Waals surface area contributed by atoms with Crippen LogP contribution in [0.4, 0.5) is 0 Å². The number of carbonyl (C=O) groups is 2. The van der Waals surface area contributed by atoms with Crippen LogP contribution in [0.3, 0.4) is 0 Å². The van der Waals surface area contributed by atoms with Crippen molar-refractivity contribution in [1.82, 2.24) is 14.7 Å². The smallest absolute Gasteiger partial charge is 0.210 e. The van der Waals surface area contributed by atoms with Gasteiger partial charge in [-0.25, -0.2) is 0 Å². The molecule has 0 saturated heterocycles. The van der Waals surface area contributed by atoms with Crippen LogP contribution in [-0.2, 0) is 24.3 Å². The van der Waals surface area contributed by atoms with Crippen LogP contribution in [0.25, 0.3) is 0 Å². The Bertz CT molecular complexity index is 512. The minimum absolute atomic E-state index is 0.106. The first-order valence-electron chi connectivity index (χ1n) is 6.17. The van der Waals surface area contributed by atoms with Gasteiger partial charge in [-0.1, -0.05) is 15.9 Å². The monoisotopic (exact) mass is 311 g/mol. The molecule has 0 radical (unpaired) electrons. The minimum atomic E-state index is -0.119. The molecule has 1 atom stereocenters. The van der Waals surface area contributed by atoms with E-state index in [-0.39, 0.29) is 10.6 Å². The number of rotatable bonds is 1. The van der Waals surface area contributed by atoms with Crippen molar-refractivity contribution in [2.45, 2.75) is 37.2 Å². The summed E-state index contributed by atoms with van der Waals surface area (Å²) < 4.78 is 1.84. The van der Waals surface area contributed by atoms with Crippen molar-refractivity contribution in [2.75, 3.05) is 6.54 Å². The Morgan fingerprint density at radius 3 is 3.00 bits per heavy atom. The summed E-state index contributed by atoms with van der Waals surface area (Å²) in [5.41, 5.74) is 2.64. The van der Waals surface area contributed by atoms with Gasteiger partial charge in [0.05, 0.1) is 10.5 Å². The van der Waals surface area contributed by atoms with Gasteiger partial charge in [0.25, 0.3) is 0 Å². The Kier molecular flexibility index (Phi) is 2.97. The summed E-state index contributed by atoms with van der Waals surface area (Å²) in [6.07, 6.45) is 3.38. The molecule has 0 spiro atoms. The average molecular weight is 312 g/mol. The summed E-state index contributed by atoms with van der Waals surface area (Å²) >= 11 is 3.44. The van der Waals surface area contributed by atoms with Crippen LogP contribution < -0.4 is 0 Å². The summed E-state index contributed by atoms with van der Waals surface area (Å²) in [6, 6.07) is 0. The van der Waals surface area contributed by atoms with Crippen LogP contribution in [0.5, 0.6) is 0 Å². The topological polar surface area (TPSA) is 55.2 Å². The molecular weight excluding hydrogens is 298 g/mol. The summed E-state index contributed by atoms with van der Waals surface area (Å²) in [7, 11) is 0. The van der Waals surface area contributed by atoms with Gasteiger partial charge >= 0.3 is 0 Å². The Morgan fingerprint density at radius 2 is 2.22 bits per heavy atom. The molecule has 96 valence electrons. The number of fused-ring (bicyclic) bond motifs is 3. The van der Waals surface area contributed by atoms with Gasteiger partial charge in [-0.15, -0.1) is 0 Å². The standard InChI is InChI=1S/C12H14BrN3O2/c13-9-2-1-4-16-11(12(9)18)8-6-15(7-17)5-3-10(8)14-16/h7,9H,1-6H2. The molecular formula is C12H14BrN3O2. The molecule has 1 aromatic heterocycles. The fourth-order valence-corrected chi connectivity index (χ4v) is 3.22. The van der Waals surface area contributed by atoms with Crippen molar-refractivity contribution in [3.8, 4) is 0 Å². The number of ketones is 1. The highest BCUT2D eigenvalue weighted by Gasteiger charge is 2.32. The van der Waals surface area contributed by atoms with Crippen LogP contribution in [0.2, 0.25) is 0 Å². The molecule has 0 aromatic carbocycles. The Hall–Kier alpha value is -1.17. The van der Waals surface area contributed by atoms with Gasteiger partial charge in [-0.3, -0.25) is 14.3 Å². The number of aryl methyl sites for hydroxylation is 1. The van der Waals surface area contributed by atoms with Crippen molar-refractivity contribution in [3.05, 3.63) is 17.0 Å². The maximum Gasteiger partial charge on any atom is 0.210 e. The number of Topliss-reactive ketones (excluding diaryl/α,β-unsaturated/α-hetero) is 1. The summed E-state index contributed by atoms with van der Waals surface area (Å²) in [5.74, 6) is 0.106. The van der Waals surface area contributed by atoms with E-state index in [1.165, 1.54) is 0 Å². The van der Waals surface area contributed by atoms with Crippen LogP contribution in [-0.4, -0.2) is 38.2 Å². The number of nitrogens with zero attached hydrogens (tertiary/aromatic N) is 3. The number of carbonyl (C=O) groups excluding carboxylic acids is 2. The quantitative estimate of drug-likeness (QED) is 0.577. The number of amides is 1. The fourth-order valence-electron chi connectivity index (χ4n) is 2.67. The first-order valence-corrected chi connectivity index (χ1v) is 7.08. The van der Waals surface area contributed by atoms with Gasteiger partial charge in [0.1, 0.15) is 5.69 Å². The minimum Gasteiger partial charge on any atom is -0.340 e. The molecule has 6 heteroatoms. The van der Waals surface area contributed by atoms with Crippen LogP contribution in [0.1, 0.15) is 34.6 Å². The molecule has 1 amide bonds. The van der Waals surface area contributed by atoms with E-state index in [9.17, 15) is 9.59 Å². The van der Waals surface area contributed by atoms with E-state index in [1.807, 2.05) is 4.68 Å². The zero-order valence-electron chi connectivity index (χ0n) is 9.93. The van der Waals surface area contributed by atoms with Gasteiger partial charge in [0.2, 0.25) is 6.41 Å². The summed E-state index contributed by atoms with van der Waals surface area (Å²) in [4.78, 5) is 24.8. The number of aromatic nitrogens is 2. The molecule has 0 saturated carbocycles. The zero-order chi connectivity index (χ0) is 12.7. The van der Waals surface area contributed by atoms with Crippen molar-refractivity contribution >= 4 is 28.1 Å². The number of alkyl halides is 1. The fraction of sp³-hybridized carbons (Fsp3) is 0.583. The first-order chi connectivity index (χ1) is 8.70. The molecule has 3 rings (SSSR count). The van der Waals surface area contributed by atoms with Crippen LogP contribution in [0.15, 0.2) is 0 Å². The lowest BCUT2D eigenvalue weighted by Crippen LogP contribution is -2.30. The van der Waals surface area contributed by atoms with Crippen molar-refractivity contribution in [2.24, 2.45) is 0 Å². The van der Waals surface area contributed by atoms with E-state index in [4.69, 9.17) is 0 Å². The van der Waals surface area contributed by atoms with Gasteiger partial charge in [-0.2, -0.15) is 5.10 Å². The Balaban J connectivity index is 2.07. The second-order valence-corrected chi connectivity index (χ2v) is 5.90. The normalized spacial score (nSPS) is 23.3. The van der Waals surface area contributed by atoms with E-state index in [0.29, 0.717) is 18.8 Å². The second-order valence-electron chi connectivity index (χ2n) is 4.80. The number of hydrogen-bond acceptors (Lipinski definition) is 3. The SMILES string of the molecule is O=CN1CCc2nn3c(c2C1)C(=O)C(Br)CCC3. The van der Waals surface area contributed by atoms with E-state index in [0.717, 1.165) is 43.5 Å². The molecule has 3 heterocycles. The maximum absolute atomic E-state index is 12.4. The molecule has 1 aromatic rings. The van der Waals surface area contributed by atoms with Crippen molar-refractivity contribution < 1.29 is 9.59 Å². The predicted molar refractivity (Wildman–Crippen MR) is 68.7 cm³/mol. The third-order valence-electron chi connectivity index (χ3n) is 3.63. The largest absolute Gasteiger partial charge is 0.340 e. The molecule has 5 nitrogen and oxygen atoms in total. The zero-order valence-corrected chi connectivity index (χ0v) is 11.5. The highest BCUT2D eigenvalue weighted by molar-refractivity contribution is 9.10. The molecule has 1 unspecified atom stereocenters. The highest BCUT2D eigenvalue weighted by atomic mass is 79.9. The number of hydrogen-bond donors (Lipinski definition) is 0. The van der Waals surface area contributed by atoms with Crippen molar-refractivity contribution in [1.29, 1.82) is 0 Å². The average Bonchev–Trinajstić information content (AvgIpc) is 2.68. The lowest BCUT2D eigenvalue weighted by atomic mass is 10.0. The van der Waals surface area contributed by atoms with Gasteiger partial charge in [0.15, 0.2) is 5.78 Å². The predicted octanol–water partition coefficient (Wildman–Crippen LogP) is 1.14. The van der Waals surface area contributed by atoms with Gasteiger partial charge in [-0.05, 0) is 12.8 Å². The van der Waals surface area contributed by atoms with Crippen LogP contribution in [0, 0.1) is 0 Å². The molecule has 0 aliphatic carbocycles. The number of halogens is 1. The molecule has 0 bridgehead atoms. The second kappa shape index (κ2) is 4.50. The van der Waals surface area contributed by atoms with E-state index in [2.05, 4.69) is 21.0 Å². The van der Waals surface area contributed by atoms with Gasteiger partial charge < -0.3 is 4.90 Å². The molecule has 0 N–H and O–H groups in total. The molecule has 18 heavy (non-hydrogen) atoms. The first kappa shape index (κ1) is 11.9. The maximum atomic E-state index is 12.4. The van der Waals surface area contributed by atoms with Crippen LogP contribution >= 0.6 is 15.9 Å². The lowest BCUT2D eigenvalue weighted by Gasteiger charge is -2.22. The Labute approximate surface area is 113 Å². The summed E-state index contributed by atoms with van der Waals surface area (Å²) in [5, 5.41) is 4.54. The lowest BCUT2D eigenvalue weighted by molar-refractivity contribution is -0.118. The van der Waals surface area contributed by atoms with E-state index in [1.54, 1.807) is 4.90 Å².